The average Bonchev–Trinajstić information content (AvgIpc) is 2.34. The summed E-state index contributed by atoms with van der Waals surface area (Å²) in [5, 5.41) is 11.9. The van der Waals surface area contributed by atoms with Crippen LogP contribution in [0.25, 0.3) is 0 Å². The molecule has 2 aromatic rings. The van der Waals surface area contributed by atoms with E-state index in [9.17, 15) is 10.1 Å². The molecule has 18 heavy (non-hydrogen) atoms. The van der Waals surface area contributed by atoms with E-state index >= 15 is 0 Å². The molecule has 92 valence electrons. The van der Waals surface area contributed by atoms with Crippen LogP contribution in [0.2, 0.25) is 5.02 Å². The Hall–Kier alpha value is -1.79. The number of hydrogen-bond donors (Lipinski definition) is 1. The van der Waals surface area contributed by atoms with E-state index in [4.69, 9.17) is 17.3 Å². The summed E-state index contributed by atoms with van der Waals surface area (Å²) in [6.07, 6.45) is 1.53. The van der Waals surface area contributed by atoms with Crippen molar-refractivity contribution in [3.63, 3.8) is 0 Å². The lowest BCUT2D eigenvalue weighted by Gasteiger charge is -2.04. The minimum absolute atomic E-state index is 0.0269. The highest BCUT2D eigenvalue weighted by Crippen LogP contribution is 2.33. The minimum atomic E-state index is -0.481. The standard InChI is InChI=1S/C11H8ClN3O2S/c12-7-1-4-11(14-6-7)18-10-3-2-8(15(16)17)5-9(10)13/h1-6H,13H2. The number of nitrogen functional groups attached to an aromatic ring is 1. The summed E-state index contributed by atoms with van der Waals surface area (Å²) in [6.45, 7) is 0. The Morgan fingerprint density at radius 3 is 2.67 bits per heavy atom. The highest BCUT2D eigenvalue weighted by molar-refractivity contribution is 7.99. The fourth-order valence-electron chi connectivity index (χ4n) is 1.28. The Kier molecular flexibility index (Phi) is 3.69. The second kappa shape index (κ2) is 5.24. The smallest absolute Gasteiger partial charge is 0.271 e. The summed E-state index contributed by atoms with van der Waals surface area (Å²) in [5.74, 6) is 0. The maximum Gasteiger partial charge on any atom is 0.271 e. The van der Waals surface area contributed by atoms with Crippen molar-refractivity contribution in [3.05, 3.63) is 51.7 Å². The highest BCUT2D eigenvalue weighted by Gasteiger charge is 2.10. The number of hydrogen-bond acceptors (Lipinski definition) is 5. The van der Waals surface area contributed by atoms with Crippen molar-refractivity contribution >= 4 is 34.7 Å². The number of nitrogens with zero attached hydrogens (tertiary/aromatic N) is 2. The van der Waals surface area contributed by atoms with E-state index in [1.54, 1.807) is 18.2 Å². The van der Waals surface area contributed by atoms with Crippen LogP contribution in [-0.4, -0.2) is 9.91 Å². The Bertz CT molecular complexity index is 589. The molecule has 1 aromatic carbocycles. The first-order valence-corrected chi connectivity index (χ1v) is 6.09. The van der Waals surface area contributed by atoms with Gasteiger partial charge in [-0.15, -0.1) is 0 Å². The molecule has 0 radical (unpaired) electrons. The van der Waals surface area contributed by atoms with Crippen LogP contribution in [0.5, 0.6) is 0 Å². The quantitative estimate of drug-likeness (QED) is 0.530. The van der Waals surface area contributed by atoms with Gasteiger partial charge in [-0.1, -0.05) is 23.4 Å². The van der Waals surface area contributed by atoms with Crippen LogP contribution in [0.3, 0.4) is 0 Å². The molecule has 7 heteroatoms. The molecule has 0 fully saturated rings. The molecule has 0 aliphatic heterocycles. The molecule has 0 unspecified atom stereocenters. The number of halogens is 1. The number of nitrogens with two attached hydrogens (primary N) is 1. The topological polar surface area (TPSA) is 82.0 Å². The number of nitro benzene ring substituents is 1. The number of benzene rings is 1. The summed E-state index contributed by atoms with van der Waals surface area (Å²) in [6, 6.07) is 7.83. The van der Waals surface area contributed by atoms with Gasteiger partial charge in [0.2, 0.25) is 0 Å². The summed E-state index contributed by atoms with van der Waals surface area (Å²) in [5.41, 5.74) is 6.08. The monoisotopic (exact) mass is 281 g/mol. The zero-order chi connectivity index (χ0) is 13.1. The van der Waals surface area contributed by atoms with Gasteiger partial charge in [0.25, 0.3) is 5.69 Å². The maximum absolute atomic E-state index is 10.6. The Balaban J connectivity index is 2.24. The number of rotatable bonds is 3. The Morgan fingerprint density at radius 2 is 2.11 bits per heavy atom. The molecular weight excluding hydrogens is 274 g/mol. The summed E-state index contributed by atoms with van der Waals surface area (Å²) < 4.78 is 0. The van der Waals surface area contributed by atoms with Crippen molar-refractivity contribution in [3.8, 4) is 0 Å². The summed E-state index contributed by atoms with van der Waals surface area (Å²) in [4.78, 5) is 14.9. The van der Waals surface area contributed by atoms with Gasteiger partial charge in [0.1, 0.15) is 5.03 Å². The molecule has 0 saturated carbocycles. The van der Waals surface area contributed by atoms with Gasteiger partial charge < -0.3 is 5.73 Å². The summed E-state index contributed by atoms with van der Waals surface area (Å²) in [7, 11) is 0. The molecule has 0 aliphatic carbocycles. The van der Waals surface area contributed by atoms with Gasteiger partial charge in [-0.25, -0.2) is 4.98 Å². The first-order valence-electron chi connectivity index (χ1n) is 4.89. The van der Waals surface area contributed by atoms with Crippen molar-refractivity contribution in [1.29, 1.82) is 0 Å². The predicted octanol–water partition coefficient (Wildman–Crippen LogP) is 3.38. The molecule has 2 rings (SSSR count). The van der Waals surface area contributed by atoms with Crippen molar-refractivity contribution in [2.45, 2.75) is 9.92 Å². The number of pyridine rings is 1. The Morgan fingerprint density at radius 1 is 1.33 bits per heavy atom. The predicted molar refractivity (Wildman–Crippen MR) is 70.9 cm³/mol. The second-order valence-electron chi connectivity index (χ2n) is 3.40. The maximum atomic E-state index is 10.6. The fourth-order valence-corrected chi connectivity index (χ4v) is 2.17. The van der Waals surface area contributed by atoms with E-state index in [0.717, 1.165) is 9.92 Å². The molecule has 0 amide bonds. The molecule has 1 heterocycles. The lowest BCUT2D eigenvalue weighted by atomic mass is 10.3. The van der Waals surface area contributed by atoms with Crippen molar-refractivity contribution in [2.24, 2.45) is 0 Å². The van der Waals surface area contributed by atoms with E-state index in [-0.39, 0.29) is 5.69 Å². The first-order chi connectivity index (χ1) is 8.56. The van der Waals surface area contributed by atoms with E-state index in [1.807, 2.05) is 0 Å². The largest absolute Gasteiger partial charge is 0.398 e. The third-order valence-corrected chi connectivity index (χ3v) is 3.38. The van der Waals surface area contributed by atoms with Crippen LogP contribution in [-0.2, 0) is 0 Å². The molecular formula is C11H8ClN3O2S. The number of aromatic nitrogens is 1. The van der Waals surface area contributed by atoms with Crippen LogP contribution in [0, 0.1) is 10.1 Å². The average molecular weight is 282 g/mol. The van der Waals surface area contributed by atoms with E-state index in [0.29, 0.717) is 10.7 Å². The van der Waals surface area contributed by atoms with E-state index in [1.165, 1.54) is 30.1 Å². The van der Waals surface area contributed by atoms with Crippen LogP contribution < -0.4 is 5.73 Å². The molecule has 2 N–H and O–H groups in total. The van der Waals surface area contributed by atoms with Gasteiger partial charge in [0, 0.05) is 23.2 Å². The van der Waals surface area contributed by atoms with Gasteiger partial charge in [0.05, 0.1) is 15.6 Å². The van der Waals surface area contributed by atoms with Crippen LogP contribution >= 0.6 is 23.4 Å². The van der Waals surface area contributed by atoms with E-state index in [2.05, 4.69) is 4.98 Å². The first kappa shape index (κ1) is 12.7. The molecule has 0 aliphatic rings. The van der Waals surface area contributed by atoms with Gasteiger partial charge in [-0.3, -0.25) is 10.1 Å². The normalized spacial score (nSPS) is 10.3. The second-order valence-corrected chi connectivity index (χ2v) is 4.89. The molecule has 1 aromatic heterocycles. The lowest BCUT2D eigenvalue weighted by molar-refractivity contribution is -0.384. The Labute approximate surface area is 112 Å². The lowest BCUT2D eigenvalue weighted by Crippen LogP contribution is -1.93. The molecule has 0 spiro atoms. The van der Waals surface area contributed by atoms with Gasteiger partial charge in [0.15, 0.2) is 0 Å². The van der Waals surface area contributed by atoms with Crippen LogP contribution in [0.1, 0.15) is 0 Å². The SMILES string of the molecule is Nc1cc([N+](=O)[O-])ccc1Sc1ccc(Cl)cn1. The fraction of sp³-hybridized carbons (Fsp3) is 0. The number of nitro groups is 1. The minimum Gasteiger partial charge on any atom is -0.398 e. The number of non-ortho nitro benzene ring substituents is 1. The summed E-state index contributed by atoms with van der Waals surface area (Å²) >= 11 is 7.06. The van der Waals surface area contributed by atoms with Crippen LogP contribution in [0.4, 0.5) is 11.4 Å². The third kappa shape index (κ3) is 2.91. The molecule has 0 atom stereocenters. The van der Waals surface area contributed by atoms with E-state index < -0.39 is 4.92 Å². The van der Waals surface area contributed by atoms with Gasteiger partial charge >= 0.3 is 0 Å². The van der Waals surface area contributed by atoms with Crippen molar-refractivity contribution in [2.75, 3.05) is 5.73 Å². The van der Waals surface area contributed by atoms with Crippen LogP contribution in [0.15, 0.2) is 46.5 Å². The third-order valence-electron chi connectivity index (χ3n) is 2.12. The zero-order valence-electron chi connectivity index (χ0n) is 9.04. The zero-order valence-corrected chi connectivity index (χ0v) is 10.6. The highest BCUT2D eigenvalue weighted by atomic mass is 35.5. The van der Waals surface area contributed by atoms with Gasteiger partial charge in [-0.2, -0.15) is 0 Å². The van der Waals surface area contributed by atoms with Gasteiger partial charge in [-0.05, 0) is 18.2 Å². The molecule has 5 nitrogen and oxygen atoms in total. The molecule has 0 bridgehead atoms. The number of anilines is 1. The molecule has 0 saturated heterocycles. The van der Waals surface area contributed by atoms with Crippen molar-refractivity contribution < 1.29 is 4.92 Å². The van der Waals surface area contributed by atoms with Crippen molar-refractivity contribution in [1.82, 2.24) is 4.98 Å².